The van der Waals surface area contributed by atoms with Crippen molar-refractivity contribution in [3.05, 3.63) is 23.8 Å². The van der Waals surface area contributed by atoms with E-state index >= 15 is 0 Å². The van der Waals surface area contributed by atoms with Crippen LogP contribution in [-0.4, -0.2) is 52.0 Å². The molecule has 0 radical (unpaired) electrons. The molecule has 1 aromatic carbocycles. The number of hydrogen-bond donors (Lipinski definition) is 2. The third-order valence-electron chi connectivity index (χ3n) is 4.37. The van der Waals surface area contributed by atoms with E-state index in [2.05, 4.69) is 35.5 Å². The van der Waals surface area contributed by atoms with Crippen LogP contribution in [0.2, 0.25) is 0 Å². The summed E-state index contributed by atoms with van der Waals surface area (Å²) in [6.45, 7) is 7.35. The van der Waals surface area contributed by atoms with Crippen molar-refractivity contribution in [1.29, 1.82) is 0 Å². The van der Waals surface area contributed by atoms with E-state index in [0.717, 1.165) is 56.4 Å². The fourth-order valence-electron chi connectivity index (χ4n) is 2.91. The van der Waals surface area contributed by atoms with Gasteiger partial charge in [0.2, 0.25) is 0 Å². The van der Waals surface area contributed by atoms with Gasteiger partial charge >= 0.3 is 0 Å². The third kappa shape index (κ3) is 5.81. The first-order valence-electron chi connectivity index (χ1n) is 8.97. The zero-order chi connectivity index (χ0) is 18.1. The van der Waals surface area contributed by atoms with Crippen molar-refractivity contribution in [3.8, 4) is 11.5 Å². The lowest BCUT2D eigenvalue weighted by Gasteiger charge is -2.21. The van der Waals surface area contributed by atoms with Crippen molar-refractivity contribution >= 4 is 5.96 Å². The summed E-state index contributed by atoms with van der Waals surface area (Å²) in [7, 11) is 3.30. The summed E-state index contributed by atoms with van der Waals surface area (Å²) in [5.41, 5.74) is 1.07. The highest BCUT2D eigenvalue weighted by Crippen LogP contribution is 2.27. The number of guanidine groups is 1. The van der Waals surface area contributed by atoms with Crippen LogP contribution in [0.25, 0.3) is 0 Å². The van der Waals surface area contributed by atoms with Gasteiger partial charge in [0, 0.05) is 19.7 Å². The van der Waals surface area contributed by atoms with E-state index in [1.165, 1.54) is 5.56 Å². The molecule has 6 nitrogen and oxygen atoms in total. The van der Waals surface area contributed by atoms with Crippen molar-refractivity contribution in [2.75, 3.05) is 40.5 Å². The number of methoxy groups -OCH3 is 2. The van der Waals surface area contributed by atoms with Gasteiger partial charge in [0.15, 0.2) is 17.5 Å². The zero-order valence-electron chi connectivity index (χ0n) is 15.9. The first-order chi connectivity index (χ1) is 12.1. The monoisotopic (exact) mass is 349 g/mol. The fraction of sp³-hybridized carbons (Fsp3) is 0.632. The number of nitrogens with zero attached hydrogens (tertiary/aromatic N) is 1. The molecule has 1 fully saturated rings. The Balaban J connectivity index is 1.88. The Kier molecular flexibility index (Phi) is 7.37. The van der Waals surface area contributed by atoms with Crippen LogP contribution < -0.4 is 20.1 Å². The van der Waals surface area contributed by atoms with Crippen LogP contribution in [0.1, 0.15) is 32.3 Å². The number of nitrogens with one attached hydrogen (secondary N) is 2. The topological polar surface area (TPSA) is 64.1 Å². The zero-order valence-corrected chi connectivity index (χ0v) is 15.9. The first kappa shape index (κ1) is 19.4. The molecule has 0 spiro atoms. The van der Waals surface area contributed by atoms with Crippen LogP contribution >= 0.6 is 0 Å². The Labute approximate surface area is 151 Å². The number of aliphatic imine (C=N–C) groups is 1. The molecule has 140 valence electrons. The van der Waals surface area contributed by atoms with Gasteiger partial charge in [0.05, 0.1) is 26.4 Å². The largest absolute Gasteiger partial charge is 0.493 e. The molecule has 0 amide bonds. The maximum Gasteiger partial charge on any atom is 0.191 e. The molecule has 1 aliphatic heterocycles. The summed E-state index contributed by atoms with van der Waals surface area (Å²) in [5.74, 6) is 2.34. The lowest BCUT2D eigenvalue weighted by Crippen LogP contribution is -2.40. The van der Waals surface area contributed by atoms with Gasteiger partial charge in [0.1, 0.15) is 0 Å². The fourth-order valence-corrected chi connectivity index (χ4v) is 2.91. The second-order valence-electron chi connectivity index (χ2n) is 6.46. The molecular weight excluding hydrogens is 318 g/mol. The highest BCUT2D eigenvalue weighted by atomic mass is 16.5. The van der Waals surface area contributed by atoms with Gasteiger partial charge in [-0.2, -0.15) is 0 Å². The van der Waals surface area contributed by atoms with E-state index in [0.29, 0.717) is 6.54 Å². The van der Waals surface area contributed by atoms with Crippen LogP contribution in [-0.2, 0) is 11.2 Å². The summed E-state index contributed by atoms with van der Waals surface area (Å²) in [4.78, 5) is 4.68. The molecule has 2 N–H and O–H groups in total. The summed E-state index contributed by atoms with van der Waals surface area (Å²) in [5, 5.41) is 6.68. The quantitative estimate of drug-likeness (QED) is 0.557. The summed E-state index contributed by atoms with van der Waals surface area (Å²) >= 11 is 0. The van der Waals surface area contributed by atoms with Gasteiger partial charge < -0.3 is 24.8 Å². The smallest absolute Gasteiger partial charge is 0.191 e. The van der Waals surface area contributed by atoms with Crippen molar-refractivity contribution in [3.63, 3.8) is 0 Å². The van der Waals surface area contributed by atoms with Crippen LogP contribution in [0, 0.1) is 0 Å². The molecule has 1 atom stereocenters. The molecule has 0 aliphatic carbocycles. The third-order valence-corrected chi connectivity index (χ3v) is 4.37. The van der Waals surface area contributed by atoms with Gasteiger partial charge in [-0.05, 0) is 50.8 Å². The average molecular weight is 349 g/mol. The van der Waals surface area contributed by atoms with E-state index in [4.69, 9.17) is 14.2 Å². The Morgan fingerprint density at radius 3 is 2.68 bits per heavy atom. The van der Waals surface area contributed by atoms with Gasteiger partial charge in [-0.3, -0.25) is 4.99 Å². The lowest BCUT2D eigenvalue weighted by molar-refractivity contribution is 0.0283. The molecule has 25 heavy (non-hydrogen) atoms. The Bertz CT molecular complexity index is 569. The van der Waals surface area contributed by atoms with Gasteiger partial charge in [-0.15, -0.1) is 0 Å². The Hall–Kier alpha value is -1.95. The maximum atomic E-state index is 5.80. The van der Waals surface area contributed by atoms with E-state index in [9.17, 15) is 0 Å². The van der Waals surface area contributed by atoms with Crippen LogP contribution in [0.5, 0.6) is 11.5 Å². The number of hydrogen-bond acceptors (Lipinski definition) is 4. The molecule has 1 aliphatic rings. The standard InChI is InChI=1S/C19H31N3O3/c1-5-20-18(22-14-19(2)10-6-12-25-19)21-11-9-15-7-8-16(23-3)17(13-15)24-4/h7-8,13H,5-6,9-12,14H2,1-4H3,(H2,20,21,22). The second-order valence-corrected chi connectivity index (χ2v) is 6.46. The van der Waals surface area contributed by atoms with Crippen LogP contribution in [0.15, 0.2) is 23.2 Å². The van der Waals surface area contributed by atoms with Gasteiger partial charge in [-0.1, -0.05) is 6.07 Å². The molecular formula is C19H31N3O3. The lowest BCUT2D eigenvalue weighted by atomic mass is 10.0. The van der Waals surface area contributed by atoms with Crippen molar-refractivity contribution < 1.29 is 14.2 Å². The highest BCUT2D eigenvalue weighted by molar-refractivity contribution is 5.79. The van der Waals surface area contributed by atoms with E-state index in [1.807, 2.05) is 12.1 Å². The highest BCUT2D eigenvalue weighted by Gasteiger charge is 2.29. The van der Waals surface area contributed by atoms with E-state index < -0.39 is 0 Å². The SMILES string of the molecule is CCNC(=NCC1(C)CCCO1)NCCc1ccc(OC)c(OC)c1. The Morgan fingerprint density at radius 2 is 2.04 bits per heavy atom. The predicted molar refractivity (Wildman–Crippen MR) is 101 cm³/mol. The van der Waals surface area contributed by atoms with E-state index in [-0.39, 0.29) is 5.60 Å². The van der Waals surface area contributed by atoms with Crippen LogP contribution in [0.4, 0.5) is 0 Å². The summed E-state index contributed by atoms with van der Waals surface area (Å²) in [6.07, 6.45) is 3.06. The maximum absolute atomic E-state index is 5.80. The molecule has 2 rings (SSSR count). The molecule has 0 saturated carbocycles. The van der Waals surface area contributed by atoms with Gasteiger partial charge in [0.25, 0.3) is 0 Å². The van der Waals surface area contributed by atoms with Crippen molar-refractivity contribution in [2.24, 2.45) is 4.99 Å². The molecule has 1 saturated heterocycles. The molecule has 1 aromatic rings. The van der Waals surface area contributed by atoms with Crippen molar-refractivity contribution in [2.45, 2.75) is 38.7 Å². The van der Waals surface area contributed by atoms with Crippen LogP contribution in [0.3, 0.4) is 0 Å². The minimum atomic E-state index is -0.119. The molecule has 0 aromatic heterocycles. The predicted octanol–water partition coefficient (Wildman–Crippen LogP) is 2.37. The first-order valence-corrected chi connectivity index (χ1v) is 8.97. The minimum absolute atomic E-state index is 0.119. The van der Waals surface area contributed by atoms with E-state index in [1.54, 1.807) is 14.2 Å². The van der Waals surface area contributed by atoms with Crippen molar-refractivity contribution in [1.82, 2.24) is 10.6 Å². The normalized spacial score (nSPS) is 20.4. The summed E-state index contributed by atoms with van der Waals surface area (Å²) < 4.78 is 16.4. The number of ether oxygens (including phenoxy) is 3. The molecule has 1 unspecified atom stereocenters. The molecule has 0 bridgehead atoms. The average Bonchev–Trinajstić information content (AvgIpc) is 3.06. The summed E-state index contributed by atoms with van der Waals surface area (Å²) in [6, 6.07) is 6.00. The second kappa shape index (κ2) is 9.51. The number of rotatable bonds is 8. The number of benzene rings is 1. The molecule has 1 heterocycles. The minimum Gasteiger partial charge on any atom is -0.493 e. The van der Waals surface area contributed by atoms with Gasteiger partial charge in [-0.25, -0.2) is 0 Å². The molecule has 6 heteroatoms. The Morgan fingerprint density at radius 1 is 1.24 bits per heavy atom.